The summed E-state index contributed by atoms with van der Waals surface area (Å²) in [6.07, 6.45) is 10.2. The number of carbonyl (C=O) groups is 1. The van der Waals surface area contributed by atoms with E-state index in [9.17, 15) is 4.79 Å². The second-order valence-electron chi connectivity index (χ2n) is 6.32. The van der Waals surface area contributed by atoms with Crippen LogP contribution in [0.3, 0.4) is 0 Å². The van der Waals surface area contributed by atoms with E-state index < -0.39 is 0 Å². The van der Waals surface area contributed by atoms with Gasteiger partial charge in [0.2, 0.25) is 5.91 Å². The number of nitrogens with zero attached hydrogens (tertiary/aromatic N) is 3. The zero-order chi connectivity index (χ0) is 14.5. The van der Waals surface area contributed by atoms with Gasteiger partial charge in [-0.3, -0.25) is 9.48 Å². The Labute approximate surface area is 126 Å². The summed E-state index contributed by atoms with van der Waals surface area (Å²) in [7, 11) is 0. The number of fused-ring (bicyclic) bond motifs is 1. The van der Waals surface area contributed by atoms with Crippen LogP contribution in [0.1, 0.15) is 38.5 Å². The number of hydrogen-bond acceptors (Lipinski definition) is 3. The fourth-order valence-electron chi connectivity index (χ4n) is 3.62. The molecule has 5 heteroatoms. The number of piperidine rings is 1. The molecule has 0 aromatic carbocycles. The summed E-state index contributed by atoms with van der Waals surface area (Å²) in [5, 5.41) is 7.83. The molecule has 1 aromatic rings. The van der Waals surface area contributed by atoms with Crippen molar-refractivity contribution in [2.24, 2.45) is 5.92 Å². The van der Waals surface area contributed by atoms with Gasteiger partial charge in [0, 0.05) is 44.5 Å². The molecule has 21 heavy (non-hydrogen) atoms. The summed E-state index contributed by atoms with van der Waals surface area (Å²) in [6, 6.07) is 2.56. The van der Waals surface area contributed by atoms with Crippen molar-refractivity contribution in [1.82, 2.24) is 20.0 Å². The number of likely N-dealkylation sites (tertiary alicyclic amines) is 1. The zero-order valence-electron chi connectivity index (χ0n) is 12.7. The highest BCUT2D eigenvalue weighted by molar-refractivity contribution is 5.76. The Morgan fingerprint density at radius 2 is 2.29 bits per heavy atom. The first-order valence-corrected chi connectivity index (χ1v) is 8.31. The van der Waals surface area contributed by atoms with Crippen LogP contribution in [0, 0.1) is 5.92 Å². The predicted molar refractivity (Wildman–Crippen MR) is 81.8 cm³/mol. The topological polar surface area (TPSA) is 50.2 Å². The van der Waals surface area contributed by atoms with Crippen molar-refractivity contribution in [1.29, 1.82) is 0 Å². The molecule has 1 aromatic heterocycles. The Hall–Kier alpha value is -1.36. The van der Waals surface area contributed by atoms with E-state index in [1.165, 1.54) is 19.3 Å². The summed E-state index contributed by atoms with van der Waals surface area (Å²) in [5.74, 6) is 0.987. The summed E-state index contributed by atoms with van der Waals surface area (Å²) in [4.78, 5) is 14.5. The molecule has 0 spiro atoms. The lowest BCUT2D eigenvalue weighted by atomic mass is 9.89. The number of hydrogen-bond donors (Lipinski definition) is 1. The molecule has 2 aliphatic heterocycles. The van der Waals surface area contributed by atoms with E-state index in [2.05, 4.69) is 15.3 Å². The lowest BCUT2D eigenvalue weighted by Crippen LogP contribution is -2.50. The monoisotopic (exact) mass is 290 g/mol. The van der Waals surface area contributed by atoms with Crippen molar-refractivity contribution in [3.63, 3.8) is 0 Å². The molecule has 2 fully saturated rings. The maximum absolute atomic E-state index is 12.4. The van der Waals surface area contributed by atoms with Crippen LogP contribution in [0.15, 0.2) is 18.5 Å². The van der Waals surface area contributed by atoms with E-state index in [1.54, 1.807) is 6.20 Å². The Morgan fingerprint density at radius 3 is 3.14 bits per heavy atom. The molecule has 0 unspecified atom stereocenters. The summed E-state index contributed by atoms with van der Waals surface area (Å²) in [6.45, 7) is 3.87. The first kappa shape index (κ1) is 14.6. The second-order valence-corrected chi connectivity index (χ2v) is 6.32. The van der Waals surface area contributed by atoms with Gasteiger partial charge in [-0.15, -0.1) is 0 Å². The summed E-state index contributed by atoms with van der Waals surface area (Å²) < 4.78 is 1.90. The van der Waals surface area contributed by atoms with Gasteiger partial charge < -0.3 is 10.2 Å². The van der Waals surface area contributed by atoms with Crippen LogP contribution >= 0.6 is 0 Å². The molecule has 0 saturated carbocycles. The molecule has 1 N–H and O–H groups in total. The highest BCUT2D eigenvalue weighted by atomic mass is 16.2. The van der Waals surface area contributed by atoms with E-state index in [0.29, 0.717) is 24.3 Å². The number of rotatable bonds is 4. The largest absolute Gasteiger partial charge is 0.342 e. The third-order valence-electron chi connectivity index (χ3n) is 4.83. The number of aromatic nitrogens is 2. The molecule has 5 nitrogen and oxygen atoms in total. The molecule has 0 radical (unpaired) electrons. The molecule has 2 saturated heterocycles. The average molecular weight is 290 g/mol. The maximum Gasteiger partial charge on any atom is 0.222 e. The van der Waals surface area contributed by atoms with Crippen LogP contribution < -0.4 is 5.32 Å². The fourth-order valence-corrected chi connectivity index (χ4v) is 3.62. The minimum atomic E-state index is 0.324. The van der Waals surface area contributed by atoms with Gasteiger partial charge in [-0.2, -0.15) is 5.10 Å². The van der Waals surface area contributed by atoms with Crippen LogP contribution in [0.5, 0.6) is 0 Å². The van der Waals surface area contributed by atoms with E-state index in [4.69, 9.17) is 0 Å². The molecular weight excluding hydrogens is 264 g/mol. The van der Waals surface area contributed by atoms with Gasteiger partial charge in [-0.25, -0.2) is 0 Å². The number of carbonyl (C=O) groups excluding carboxylic acids is 1. The molecule has 3 rings (SSSR count). The van der Waals surface area contributed by atoms with Gasteiger partial charge >= 0.3 is 0 Å². The van der Waals surface area contributed by atoms with Crippen LogP contribution in [0.2, 0.25) is 0 Å². The molecule has 3 heterocycles. The maximum atomic E-state index is 12.4. The smallest absolute Gasteiger partial charge is 0.222 e. The van der Waals surface area contributed by atoms with Crippen molar-refractivity contribution < 1.29 is 4.79 Å². The SMILES string of the molecule is O=C(CCCn1cccn1)N1CC[C@H]2NCCCC[C@H]2C1. The van der Waals surface area contributed by atoms with Crippen molar-refractivity contribution in [2.75, 3.05) is 19.6 Å². The molecule has 0 bridgehead atoms. The molecule has 116 valence electrons. The molecular formula is C16H26N4O. The van der Waals surface area contributed by atoms with Crippen molar-refractivity contribution in [3.05, 3.63) is 18.5 Å². The van der Waals surface area contributed by atoms with Crippen LogP contribution in [0.4, 0.5) is 0 Å². The van der Waals surface area contributed by atoms with Gasteiger partial charge in [0.15, 0.2) is 0 Å². The molecule has 0 aliphatic carbocycles. The molecule has 2 atom stereocenters. The Bertz CT molecular complexity index is 445. The van der Waals surface area contributed by atoms with Gasteiger partial charge in [-0.1, -0.05) is 6.42 Å². The standard InChI is InChI=1S/C16H26N4O/c21-16(6-3-10-20-11-4-9-18-20)19-12-7-15-14(13-19)5-1-2-8-17-15/h4,9,11,14-15,17H,1-3,5-8,10,12-13H2/t14-,15+/m0/s1. The number of aryl methyl sites for hydroxylation is 1. The number of nitrogens with one attached hydrogen (secondary N) is 1. The summed E-state index contributed by atoms with van der Waals surface area (Å²) >= 11 is 0. The minimum absolute atomic E-state index is 0.324. The second kappa shape index (κ2) is 7.07. The van der Waals surface area contributed by atoms with E-state index in [1.807, 2.05) is 16.9 Å². The average Bonchev–Trinajstić information content (AvgIpc) is 2.90. The zero-order valence-corrected chi connectivity index (χ0v) is 12.7. The van der Waals surface area contributed by atoms with Crippen molar-refractivity contribution in [2.45, 2.75) is 51.1 Å². The Kier molecular flexibility index (Phi) is 4.91. The summed E-state index contributed by atoms with van der Waals surface area (Å²) in [5.41, 5.74) is 0. The Morgan fingerprint density at radius 1 is 1.33 bits per heavy atom. The minimum Gasteiger partial charge on any atom is -0.342 e. The van der Waals surface area contributed by atoms with Gasteiger partial charge in [0.25, 0.3) is 0 Å². The lowest BCUT2D eigenvalue weighted by Gasteiger charge is -2.38. The number of amides is 1. The predicted octanol–water partition coefficient (Wildman–Crippen LogP) is 1.65. The third kappa shape index (κ3) is 3.84. The highest BCUT2D eigenvalue weighted by Gasteiger charge is 2.31. The van der Waals surface area contributed by atoms with E-state index in [-0.39, 0.29) is 0 Å². The molecule has 1 amide bonds. The van der Waals surface area contributed by atoms with Crippen molar-refractivity contribution in [3.8, 4) is 0 Å². The molecule has 2 aliphatic rings. The van der Waals surface area contributed by atoms with Crippen molar-refractivity contribution >= 4 is 5.91 Å². The lowest BCUT2D eigenvalue weighted by molar-refractivity contribution is -0.133. The third-order valence-corrected chi connectivity index (χ3v) is 4.83. The Balaban J connectivity index is 1.44. The van der Waals surface area contributed by atoms with Gasteiger partial charge in [0.05, 0.1) is 0 Å². The van der Waals surface area contributed by atoms with Crippen LogP contribution in [-0.4, -0.2) is 46.3 Å². The van der Waals surface area contributed by atoms with Crippen LogP contribution in [-0.2, 0) is 11.3 Å². The van der Waals surface area contributed by atoms with Gasteiger partial charge in [-0.05, 0) is 44.2 Å². The first-order chi connectivity index (χ1) is 10.3. The van der Waals surface area contributed by atoms with E-state index >= 15 is 0 Å². The van der Waals surface area contributed by atoms with Crippen LogP contribution in [0.25, 0.3) is 0 Å². The fraction of sp³-hybridized carbons (Fsp3) is 0.750. The van der Waals surface area contributed by atoms with Gasteiger partial charge in [0.1, 0.15) is 0 Å². The highest BCUT2D eigenvalue weighted by Crippen LogP contribution is 2.25. The first-order valence-electron chi connectivity index (χ1n) is 8.31. The quantitative estimate of drug-likeness (QED) is 0.917. The van der Waals surface area contributed by atoms with E-state index in [0.717, 1.165) is 39.0 Å². The normalized spacial score (nSPS) is 26.2.